The minimum absolute atomic E-state index is 0. The van der Waals surface area contributed by atoms with Crippen molar-refractivity contribution in [2.45, 2.75) is 24.9 Å². The van der Waals surface area contributed by atoms with E-state index < -0.39 is 0 Å². The summed E-state index contributed by atoms with van der Waals surface area (Å²) in [5.41, 5.74) is 0. The Labute approximate surface area is 129 Å². The van der Waals surface area contributed by atoms with Crippen molar-refractivity contribution in [1.29, 1.82) is 0 Å². The SMILES string of the molecule is Cl.O=C(COc1ccc(Cl)cc1)NC1CC2CC1CN2. The lowest BCUT2D eigenvalue weighted by Crippen LogP contribution is -2.45. The molecule has 0 radical (unpaired) electrons. The number of hydrogen-bond acceptors (Lipinski definition) is 3. The molecule has 1 aliphatic heterocycles. The Morgan fingerprint density at radius 2 is 2.10 bits per heavy atom. The largest absolute Gasteiger partial charge is 0.484 e. The number of benzene rings is 1. The summed E-state index contributed by atoms with van der Waals surface area (Å²) in [5.74, 6) is 1.20. The Bertz CT molecular complexity index is 467. The van der Waals surface area contributed by atoms with Gasteiger partial charge in [0, 0.05) is 23.7 Å². The van der Waals surface area contributed by atoms with E-state index in [4.69, 9.17) is 16.3 Å². The zero-order valence-corrected chi connectivity index (χ0v) is 12.5. The number of rotatable bonds is 4. The second kappa shape index (κ2) is 6.66. The molecule has 3 unspecified atom stereocenters. The summed E-state index contributed by atoms with van der Waals surface area (Å²) in [4.78, 5) is 11.8. The van der Waals surface area contributed by atoms with Crippen LogP contribution in [-0.2, 0) is 4.79 Å². The molecule has 1 saturated carbocycles. The van der Waals surface area contributed by atoms with E-state index in [0.717, 1.165) is 13.0 Å². The molecule has 1 aromatic rings. The van der Waals surface area contributed by atoms with Gasteiger partial charge in [0.2, 0.25) is 0 Å². The van der Waals surface area contributed by atoms with Gasteiger partial charge in [0.25, 0.3) is 5.91 Å². The number of carbonyl (C=O) groups is 1. The Kier molecular flexibility index (Phi) is 5.13. The van der Waals surface area contributed by atoms with Crippen LogP contribution in [0.1, 0.15) is 12.8 Å². The highest BCUT2D eigenvalue weighted by molar-refractivity contribution is 6.30. The molecule has 4 nitrogen and oxygen atoms in total. The molecule has 2 fully saturated rings. The van der Waals surface area contributed by atoms with Gasteiger partial charge in [-0.05, 0) is 43.0 Å². The van der Waals surface area contributed by atoms with Crippen LogP contribution in [0.3, 0.4) is 0 Å². The molecule has 3 rings (SSSR count). The molecule has 0 spiro atoms. The third-order valence-corrected chi connectivity index (χ3v) is 4.15. The number of carbonyl (C=O) groups excluding carboxylic acids is 1. The van der Waals surface area contributed by atoms with E-state index in [0.29, 0.717) is 28.8 Å². The third kappa shape index (κ3) is 3.57. The molecule has 1 aromatic carbocycles. The normalized spacial score (nSPS) is 26.9. The third-order valence-electron chi connectivity index (χ3n) is 3.89. The fourth-order valence-electron chi connectivity index (χ4n) is 2.94. The molecular formula is C14H18Cl2N2O2. The van der Waals surface area contributed by atoms with Gasteiger partial charge in [0.1, 0.15) is 5.75 Å². The van der Waals surface area contributed by atoms with Gasteiger partial charge < -0.3 is 15.4 Å². The van der Waals surface area contributed by atoms with Gasteiger partial charge in [-0.15, -0.1) is 12.4 Å². The molecule has 1 amide bonds. The van der Waals surface area contributed by atoms with Crippen LogP contribution in [0.25, 0.3) is 0 Å². The number of piperidine rings is 1. The van der Waals surface area contributed by atoms with Crippen molar-refractivity contribution in [2.75, 3.05) is 13.2 Å². The Morgan fingerprint density at radius 1 is 1.35 bits per heavy atom. The summed E-state index contributed by atoms with van der Waals surface area (Å²) in [5, 5.41) is 7.15. The van der Waals surface area contributed by atoms with Crippen molar-refractivity contribution in [2.24, 2.45) is 5.92 Å². The van der Waals surface area contributed by atoms with Crippen molar-refractivity contribution in [3.05, 3.63) is 29.3 Å². The molecule has 0 aromatic heterocycles. The van der Waals surface area contributed by atoms with Crippen LogP contribution in [0.4, 0.5) is 0 Å². The average Bonchev–Trinajstić information content (AvgIpc) is 3.00. The quantitative estimate of drug-likeness (QED) is 0.893. The minimum Gasteiger partial charge on any atom is -0.484 e. The molecule has 1 heterocycles. The molecule has 2 N–H and O–H groups in total. The summed E-state index contributed by atoms with van der Waals surface area (Å²) in [7, 11) is 0. The van der Waals surface area contributed by atoms with Crippen LogP contribution in [0.15, 0.2) is 24.3 Å². The van der Waals surface area contributed by atoms with E-state index in [1.165, 1.54) is 6.42 Å². The molecule has 6 heteroatoms. The van der Waals surface area contributed by atoms with Crippen LogP contribution in [0.2, 0.25) is 5.02 Å². The lowest BCUT2D eigenvalue weighted by atomic mass is 10.0. The molecular weight excluding hydrogens is 299 g/mol. The van der Waals surface area contributed by atoms with Crippen LogP contribution in [-0.4, -0.2) is 31.1 Å². The van der Waals surface area contributed by atoms with Gasteiger partial charge in [-0.25, -0.2) is 0 Å². The smallest absolute Gasteiger partial charge is 0.258 e. The maximum absolute atomic E-state index is 11.8. The van der Waals surface area contributed by atoms with Crippen molar-refractivity contribution >= 4 is 29.9 Å². The topological polar surface area (TPSA) is 50.4 Å². The Morgan fingerprint density at radius 3 is 2.70 bits per heavy atom. The van der Waals surface area contributed by atoms with E-state index in [1.54, 1.807) is 24.3 Å². The average molecular weight is 317 g/mol. The first kappa shape index (κ1) is 15.4. The van der Waals surface area contributed by atoms with Crippen LogP contribution >= 0.6 is 24.0 Å². The van der Waals surface area contributed by atoms with E-state index in [1.807, 2.05) is 0 Å². The predicted molar refractivity (Wildman–Crippen MR) is 80.6 cm³/mol. The second-order valence-corrected chi connectivity index (χ2v) is 5.69. The highest BCUT2D eigenvalue weighted by Gasteiger charge is 2.39. The summed E-state index contributed by atoms with van der Waals surface area (Å²) in [6.07, 6.45) is 2.22. The van der Waals surface area contributed by atoms with Gasteiger partial charge in [0.05, 0.1) is 0 Å². The first-order valence-corrected chi connectivity index (χ1v) is 6.99. The van der Waals surface area contributed by atoms with E-state index in [9.17, 15) is 4.79 Å². The maximum atomic E-state index is 11.8. The Hall–Kier alpha value is -0.970. The lowest BCUT2D eigenvalue weighted by molar-refractivity contribution is -0.124. The molecule has 1 saturated heterocycles. The highest BCUT2D eigenvalue weighted by Crippen LogP contribution is 2.31. The van der Waals surface area contributed by atoms with Crippen molar-refractivity contribution < 1.29 is 9.53 Å². The molecule has 20 heavy (non-hydrogen) atoms. The number of ether oxygens (including phenoxy) is 1. The maximum Gasteiger partial charge on any atom is 0.258 e. The van der Waals surface area contributed by atoms with Gasteiger partial charge in [0.15, 0.2) is 6.61 Å². The first-order valence-electron chi connectivity index (χ1n) is 6.62. The molecule has 3 atom stereocenters. The summed E-state index contributed by atoms with van der Waals surface area (Å²) in [6, 6.07) is 7.92. The number of nitrogens with one attached hydrogen (secondary N) is 2. The number of halogens is 2. The van der Waals surface area contributed by atoms with Crippen molar-refractivity contribution in [3.8, 4) is 5.75 Å². The van der Waals surface area contributed by atoms with Crippen LogP contribution < -0.4 is 15.4 Å². The van der Waals surface area contributed by atoms with E-state index >= 15 is 0 Å². The van der Waals surface area contributed by atoms with Gasteiger partial charge >= 0.3 is 0 Å². The lowest BCUT2D eigenvalue weighted by Gasteiger charge is -2.23. The summed E-state index contributed by atoms with van der Waals surface area (Å²) < 4.78 is 5.43. The number of fused-ring (bicyclic) bond motifs is 2. The predicted octanol–water partition coefficient (Wildman–Crippen LogP) is 2.01. The molecule has 110 valence electrons. The van der Waals surface area contributed by atoms with Gasteiger partial charge in [-0.1, -0.05) is 11.6 Å². The minimum atomic E-state index is -0.0486. The zero-order valence-electron chi connectivity index (χ0n) is 11.0. The number of hydrogen-bond donors (Lipinski definition) is 2. The fourth-order valence-corrected chi connectivity index (χ4v) is 3.07. The van der Waals surface area contributed by atoms with Crippen LogP contribution in [0.5, 0.6) is 5.75 Å². The van der Waals surface area contributed by atoms with Crippen LogP contribution in [0, 0.1) is 5.92 Å². The zero-order chi connectivity index (χ0) is 13.2. The summed E-state index contributed by atoms with van der Waals surface area (Å²) >= 11 is 5.78. The standard InChI is InChI=1S/C14H17ClN2O2.ClH/c15-10-1-3-12(4-2-10)19-8-14(18)17-13-6-11-5-9(13)7-16-11;/h1-4,9,11,13,16H,5-8H2,(H,17,18);1H. The molecule has 2 aliphatic rings. The number of amides is 1. The summed E-state index contributed by atoms with van der Waals surface area (Å²) in [6.45, 7) is 1.08. The second-order valence-electron chi connectivity index (χ2n) is 5.25. The van der Waals surface area contributed by atoms with Gasteiger partial charge in [-0.2, -0.15) is 0 Å². The van der Waals surface area contributed by atoms with E-state index in [2.05, 4.69) is 10.6 Å². The van der Waals surface area contributed by atoms with Crippen molar-refractivity contribution in [3.63, 3.8) is 0 Å². The monoisotopic (exact) mass is 316 g/mol. The van der Waals surface area contributed by atoms with Crippen molar-refractivity contribution in [1.82, 2.24) is 10.6 Å². The molecule has 1 aliphatic carbocycles. The first-order chi connectivity index (χ1) is 9.20. The fraction of sp³-hybridized carbons (Fsp3) is 0.500. The Balaban J connectivity index is 0.00000147. The van der Waals surface area contributed by atoms with Gasteiger partial charge in [-0.3, -0.25) is 4.79 Å². The van der Waals surface area contributed by atoms with E-state index in [-0.39, 0.29) is 24.9 Å². The molecule has 2 bridgehead atoms. The highest BCUT2D eigenvalue weighted by atomic mass is 35.5.